The van der Waals surface area contributed by atoms with Gasteiger partial charge in [-0.1, -0.05) is 39.8 Å². The van der Waals surface area contributed by atoms with Crippen LogP contribution in [0.4, 0.5) is 0 Å². The Bertz CT molecular complexity index is 857. The normalized spacial score (nSPS) is 10.0. The lowest BCUT2D eigenvalue weighted by atomic mass is 10.1. The summed E-state index contributed by atoms with van der Waals surface area (Å²) in [5.74, 6) is 0. The van der Waals surface area contributed by atoms with Crippen molar-refractivity contribution in [3.8, 4) is 20.9 Å². The number of aryl methyl sites for hydroxylation is 2. The molecule has 0 saturated heterocycles. The fraction of sp³-hybridized carbons (Fsp3) is 0.300. The number of hydrogen-bond acceptors (Lipinski definition) is 5. The van der Waals surface area contributed by atoms with Crippen LogP contribution in [0, 0.1) is 13.8 Å². The van der Waals surface area contributed by atoms with E-state index in [0.717, 1.165) is 11.0 Å². The Hall–Kier alpha value is -1.56. The van der Waals surface area contributed by atoms with Crippen LogP contribution in [0.15, 0.2) is 36.4 Å². The largest absolute Gasteiger partial charge is 0.172 e. The topological polar surface area (TPSA) is 25.8 Å². The molecule has 2 nitrogen and oxygen atoms in total. The Morgan fingerprint density at radius 3 is 1.32 bits per heavy atom. The fourth-order valence-electron chi connectivity index (χ4n) is 2.42. The molecule has 1 aromatic carbocycles. The van der Waals surface area contributed by atoms with Crippen LogP contribution in [0.1, 0.15) is 37.4 Å². The van der Waals surface area contributed by atoms with E-state index in [-0.39, 0.29) is 0 Å². The van der Waals surface area contributed by atoms with Crippen LogP contribution in [-0.2, 0) is 0 Å². The molecule has 0 saturated carbocycles. The smallest absolute Gasteiger partial charge is 0.114 e. The van der Waals surface area contributed by atoms with E-state index in [1.807, 2.05) is 27.7 Å². The first-order valence-electron chi connectivity index (χ1n) is 8.61. The standard InChI is InChI=1S/C16H12N2S3.2C2H6/c1-9-3-7-13(19-9)11-5-6-12(14-8-4-10(2)20-14)16-15(11)17-21-18-16;2*1-2/h3-8H,1-2H3;2*1-2H3. The molecule has 0 spiro atoms. The van der Waals surface area contributed by atoms with Gasteiger partial charge in [-0.3, -0.25) is 0 Å². The van der Waals surface area contributed by atoms with E-state index < -0.39 is 0 Å². The van der Waals surface area contributed by atoms with Gasteiger partial charge in [-0.15, -0.1) is 22.7 Å². The maximum atomic E-state index is 4.54. The Kier molecular flexibility index (Phi) is 7.29. The Labute approximate surface area is 162 Å². The van der Waals surface area contributed by atoms with Gasteiger partial charge < -0.3 is 0 Å². The van der Waals surface area contributed by atoms with E-state index in [1.165, 1.54) is 42.4 Å². The lowest BCUT2D eigenvalue weighted by Gasteiger charge is -2.03. The minimum absolute atomic E-state index is 1.02. The summed E-state index contributed by atoms with van der Waals surface area (Å²) in [7, 11) is 0. The molecule has 0 aliphatic heterocycles. The summed E-state index contributed by atoms with van der Waals surface area (Å²) in [5, 5.41) is 0. The highest BCUT2D eigenvalue weighted by atomic mass is 32.1. The lowest BCUT2D eigenvalue weighted by molar-refractivity contribution is 1.50. The van der Waals surface area contributed by atoms with Gasteiger partial charge in [0.2, 0.25) is 0 Å². The number of aromatic nitrogens is 2. The molecule has 0 N–H and O–H groups in total. The molecule has 5 heteroatoms. The second-order valence-electron chi connectivity index (χ2n) is 4.94. The van der Waals surface area contributed by atoms with Crippen molar-refractivity contribution in [1.29, 1.82) is 0 Å². The SMILES string of the molecule is CC.CC.Cc1ccc(-c2ccc(-c3ccc(C)s3)c3nsnc23)s1. The highest BCUT2D eigenvalue weighted by Crippen LogP contribution is 2.38. The van der Waals surface area contributed by atoms with Gasteiger partial charge in [-0.2, -0.15) is 8.75 Å². The van der Waals surface area contributed by atoms with Gasteiger partial charge in [0.25, 0.3) is 0 Å². The molecule has 0 bridgehead atoms. The van der Waals surface area contributed by atoms with Gasteiger partial charge >= 0.3 is 0 Å². The summed E-state index contributed by atoms with van der Waals surface area (Å²) in [6.07, 6.45) is 0. The van der Waals surface area contributed by atoms with Crippen LogP contribution >= 0.6 is 34.4 Å². The van der Waals surface area contributed by atoms with Crippen molar-refractivity contribution in [1.82, 2.24) is 8.75 Å². The van der Waals surface area contributed by atoms with Crippen LogP contribution in [-0.4, -0.2) is 8.75 Å². The first-order valence-corrected chi connectivity index (χ1v) is 11.0. The van der Waals surface area contributed by atoms with Crippen molar-refractivity contribution in [3.05, 3.63) is 46.2 Å². The van der Waals surface area contributed by atoms with Gasteiger partial charge in [0.15, 0.2) is 0 Å². The summed E-state index contributed by atoms with van der Waals surface area (Å²) in [6.45, 7) is 12.3. The third-order valence-electron chi connectivity index (χ3n) is 3.43. The Balaban J connectivity index is 0.000000528. The zero-order valence-corrected chi connectivity index (χ0v) is 18.0. The van der Waals surface area contributed by atoms with Gasteiger partial charge in [0.1, 0.15) is 11.0 Å². The van der Waals surface area contributed by atoms with Crippen molar-refractivity contribution in [2.24, 2.45) is 0 Å². The maximum Gasteiger partial charge on any atom is 0.114 e. The summed E-state index contributed by atoms with van der Waals surface area (Å²) in [4.78, 5) is 5.16. The molecular weight excluding hydrogens is 364 g/mol. The minimum Gasteiger partial charge on any atom is -0.172 e. The molecule has 0 unspecified atom stereocenters. The summed E-state index contributed by atoms with van der Waals surface area (Å²) >= 11 is 4.90. The number of hydrogen-bond donors (Lipinski definition) is 0. The first kappa shape index (κ1) is 19.8. The quantitative estimate of drug-likeness (QED) is 0.350. The zero-order valence-electron chi connectivity index (χ0n) is 15.6. The van der Waals surface area contributed by atoms with E-state index in [9.17, 15) is 0 Å². The average molecular weight is 389 g/mol. The third kappa shape index (κ3) is 4.17. The van der Waals surface area contributed by atoms with Crippen molar-refractivity contribution >= 4 is 45.4 Å². The molecule has 0 fully saturated rings. The molecule has 3 heterocycles. The lowest BCUT2D eigenvalue weighted by Crippen LogP contribution is -1.81. The molecule has 25 heavy (non-hydrogen) atoms. The molecular formula is C20H24N2S3. The summed E-state index contributed by atoms with van der Waals surface area (Å²) in [6, 6.07) is 13.0. The average Bonchev–Trinajstić information content (AvgIpc) is 3.38. The number of fused-ring (bicyclic) bond motifs is 1. The van der Waals surface area contributed by atoms with Crippen molar-refractivity contribution in [2.45, 2.75) is 41.5 Å². The number of benzene rings is 1. The third-order valence-corrected chi connectivity index (χ3v) is 6.02. The monoisotopic (exact) mass is 388 g/mol. The first-order chi connectivity index (χ1) is 12.2. The van der Waals surface area contributed by atoms with Crippen molar-refractivity contribution in [3.63, 3.8) is 0 Å². The second-order valence-corrected chi connectivity index (χ2v) is 8.05. The molecule has 0 aliphatic carbocycles. The van der Waals surface area contributed by atoms with Crippen LogP contribution in [0.3, 0.4) is 0 Å². The number of nitrogens with zero attached hydrogens (tertiary/aromatic N) is 2. The molecule has 4 aromatic rings. The Morgan fingerprint density at radius 2 is 1.00 bits per heavy atom. The molecule has 0 amide bonds. The summed E-state index contributed by atoms with van der Waals surface area (Å²) < 4.78 is 9.08. The van der Waals surface area contributed by atoms with Gasteiger partial charge in [0, 0.05) is 30.6 Å². The highest BCUT2D eigenvalue weighted by Gasteiger charge is 2.15. The predicted octanol–water partition coefficient (Wildman–Crippen LogP) is 7.82. The van der Waals surface area contributed by atoms with Crippen LogP contribution in [0.5, 0.6) is 0 Å². The molecule has 0 aliphatic rings. The van der Waals surface area contributed by atoms with Gasteiger partial charge in [0.05, 0.1) is 11.7 Å². The molecule has 0 atom stereocenters. The van der Waals surface area contributed by atoms with Crippen molar-refractivity contribution in [2.75, 3.05) is 0 Å². The van der Waals surface area contributed by atoms with Gasteiger partial charge in [-0.25, -0.2) is 0 Å². The Morgan fingerprint density at radius 1 is 0.600 bits per heavy atom. The van der Waals surface area contributed by atoms with Gasteiger partial charge in [-0.05, 0) is 38.1 Å². The fourth-order valence-corrected chi connectivity index (χ4v) is 4.78. The van der Waals surface area contributed by atoms with E-state index in [2.05, 4.69) is 59.0 Å². The molecule has 132 valence electrons. The zero-order chi connectivity index (χ0) is 18.4. The van der Waals surface area contributed by atoms with E-state index in [0.29, 0.717) is 0 Å². The van der Waals surface area contributed by atoms with Crippen molar-refractivity contribution < 1.29 is 0 Å². The second kappa shape index (κ2) is 9.22. The van der Waals surface area contributed by atoms with Crippen LogP contribution in [0.25, 0.3) is 31.9 Å². The predicted molar refractivity (Wildman–Crippen MR) is 116 cm³/mol. The van der Waals surface area contributed by atoms with E-state index in [1.54, 1.807) is 22.7 Å². The minimum atomic E-state index is 1.02. The number of rotatable bonds is 2. The molecule has 3 aromatic heterocycles. The molecule has 0 radical (unpaired) electrons. The van der Waals surface area contributed by atoms with Crippen LogP contribution < -0.4 is 0 Å². The van der Waals surface area contributed by atoms with E-state index >= 15 is 0 Å². The highest BCUT2D eigenvalue weighted by molar-refractivity contribution is 7.16. The molecule has 4 rings (SSSR count). The summed E-state index contributed by atoms with van der Waals surface area (Å²) in [5.41, 5.74) is 4.42. The number of thiophene rings is 2. The van der Waals surface area contributed by atoms with E-state index in [4.69, 9.17) is 0 Å². The maximum absolute atomic E-state index is 4.54. The van der Waals surface area contributed by atoms with Crippen LogP contribution in [0.2, 0.25) is 0 Å².